The molecule has 2 aromatic carbocycles. The molecule has 0 aliphatic carbocycles. The first-order valence-corrected chi connectivity index (χ1v) is 10.4. The number of aryl methyl sites for hydroxylation is 1. The molecule has 1 amide bonds. The average molecular weight is 405 g/mol. The summed E-state index contributed by atoms with van der Waals surface area (Å²) < 4.78 is 5.20. The fourth-order valence-corrected chi connectivity index (χ4v) is 4.07. The van der Waals surface area contributed by atoms with Gasteiger partial charge in [0.25, 0.3) is 5.91 Å². The summed E-state index contributed by atoms with van der Waals surface area (Å²) in [5.74, 6) is -0.127. The van der Waals surface area contributed by atoms with Crippen molar-refractivity contribution in [3.05, 3.63) is 69.5 Å². The summed E-state index contributed by atoms with van der Waals surface area (Å²) in [6.45, 7) is 4.46. The number of aromatic nitrogens is 1. The lowest BCUT2D eigenvalue weighted by atomic mass is 10.0. The molecule has 4 rings (SSSR count). The first kappa shape index (κ1) is 20.2. The molecule has 2 heterocycles. The Labute approximate surface area is 175 Å². The van der Waals surface area contributed by atoms with E-state index in [-0.39, 0.29) is 11.5 Å². The van der Waals surface area contributed by atoms with Gasteiger partial charge >= 0.3 is 0 Å². The number of nitrogens with zero attached hydrogens (tertiary/aromatic N) is 1. The third-order valence-corrected chi connectivity index (χ3v) is 5.65. The smallest absolute Gasteiger partial charge is 0.257 e. The van der Waals surface area contributed by atoms with Crippen molar-refractivity contribution in [2.75, 3.05) is 37.0 Å². The Morgan fingerprint density at radius 3 is 2.70 bits per heavy atom. The van der Waals surface area contributed by atoms with Crippen molar-refractivity contribution in [1.82, 2.24) is 4.98 Å². The largest absolute Gasteiger partial charge is 0.384 e. The van der Waals surface area contributed by atoms with E-state index in [1.807, 2.05) is 31.2 Å². The zero-order valence-corrected chi connectivity index (χ0v) is 17.5. The van der Waals surface area contributed by atoms with Gasteiger partial charge in [-0.15, -0.1) is 0 Å². The molecule has 0 radical (unpaired) electrons. The number of ether oxygens (including phenoxy) is 1. The van der Waals surface area contributed by atoms with Crippen molar-refractivity contribution >= 4 is 28.2 Å². The summed E-state index contributed by atoms with van der Waals surface area (Å²) in [7, 11) is 1.68. The van der Waals surface area contributed by atoms with Gasteiger partial charge in [-0.2, -0.15) is 0 Å². The molecule has 1 aliphatic heterocycles. The molecule has 0 bridgehead atoms. The lowest BCUT2D eigenvalue weighted by molar-refractivity contribution is 0.102. The zero-order valence-electron chi connectivity index (χ0n) is 17.5. The number of pyridine rings is 1. The number of carbonyl (C=O) groups excluding carboxylic acids is 1. The summed E-state index contributed by atoms with van der Waals surface area (Å²) in [6.07, 6.45) is 3.06. The van der Waals surface area contributed by atoms with Gasteiger partial charge in [-0.25, -0.2) is 0 Å². The Morgan fingerprint density at radius 1 is 1.13 bits per heavy atom. The first-order chi connectivity index (χ1) is 14.5. The van der Waals surface area contributed by atoms with Crippen molar-refractivity contribution in [1.29, 1.82) is 0 Å². The molecular formula is C24H27N3O3. The molecule has 1 fully saturated rings. The van der Waals surface area contributed by atoms with Crippen molar-refractivity contribution in [3.63, 3.8) is 0 Å². The standard InChI is InChI=1S/C24H27N3O3/c1-16-13-23(28)26-21-7-6-18(15-19(16)21)25-24(29)20-14-17(9-12-30-2)5-8-22(20)27-10-3-4-11-27/h5-8,13-15H,3-4,9-12H2,1-2H3,(H,25,29)(H,26,28). The normalized spacial score (nSPS) is 13.7. The molecule has 0 unspecified atom stereocenters. The first-order valence-electron chi connectivity index (χ1n) is 10.4. The predicted octanol–water partition coefficient (Wildman–Crippen LogP) is 3.88. The lowest BCUT2D eigenvalue weighted by Crippen LogP contribution is -2.23. The van der Waals surface area contributed by atoms with Crippen LogP contribution in [-0.4, -0.2) is 37.7 Å². The number of hydrogen-bond donors (Lipinski definition) is 2. The number of H-pyrrole nitrogens is 1. The number of methoxy groups -OCH3 is 1. The molecule has 30 heavy (non-hydrogen) atoms. The number of hydrogen-bond acceptors (Lipinski definition) is 4. The maximum Gasteiger partial charge on any atom is 0.257 e. The van der Waals surface area contributed by atoms with Crippen LogP contribution in [0, 0.1) is 6.92 Å². The molecule has 6 nitrogen and oxygen atoms in total. The van der Waals surface area contributed by atoms with Gasteiger partial charge < -0.3 is 19.9 Å². The molecular weight excluding hydrogens is 378 g/mol. The monoisotopic (exact) mass is 405 g/mol. The Morgan fingerprint density at radius 2 is 1.93 bits per heavy atom. The van der Waals surface area contributed by atoms with Gasteiger partial charge in [0.05, 0.1) is 12.2 Å². The Hall–Kier alpha value is -3.12. The van der Waals surface area contributed by atoms with Crippen LogP contribution < -0.4 is 15.8 Å². The highest BCUT2D eigenvalue weighted by Crippen LogP contribution is 2.28. The van der Waals surface area contributed by atoms with E-state index in [1.165, 1.54) is 0 Å². The van der Waals surface area contributed by atoms with E-state index < -0.39 is 0 Å². The number of aromatic amines is 1. The maximum atomic E-state index is 13.3. The fourth-order valence-electron chi connectivity index (χ4n) is 4.07. The van der Waals surface area contributed by atoms with Crippen molar-refractivity contribution in [2.45, 2.75) is 26.2 Å². The summed E-state index contributed by atoms with van der Waals surface area (Å²) in [4.78, 5) is 30.1. The second-order valence-electron chi connectivity index (χ2n) is 7.82. The quantitative estimate of drug-likeness (QED) is 0.653. The molecule has 6 heteroatoms. The van der Waals surface area contributed by atoms with Crippen LogP contribution in [0.2, 0.25) is 0 Å². The zero-order chi connectivity index (χ0) is 21.1. The topological polar surface area (TPSA) is 74.4 Å². The minimum absolute atomic E-state index is 0.125. The minimum atomic E-state index is -0.127. The average Bonchev–Trinajstić information content (AvgIpc) is 3.27. The van der Waals surface area contributed by atoms with E-state index in [2.05, 4.69) is 27.3 Å². The molecule has 0 spiro atoms. The summed E-state index contributed by atoms with van der Waals surface area (Å²) >= 11 is 0. The molecule has 2 N–H and O–H groups in total. The third kappa shape index (κ3) is 4.24. The van der Waals surface area contributed by atoms with Crippen LogP contribution in [0.1, 0.15) is 34.3 Å². The van der Waals surface area contributed by atoms with E-state index in [0.717, 1.165) is 60.1 Å². The molecule has 0 saturated carbocycles. The number of anilines is 2. The Bertz CT molecular complexity index is 1130. The summed E-state index contributed by atoms with van der Waals surface area (Å²) in [5.41, 5.74) is 4.96. The lowest BCUT2D eigenvalue weighted by Gasteiger charge is -2.22. The van der Waals surface area contributed by atoms with Gasteiger partial charge in [0.2, 0.25) is 5.56 Å². The van der Waals surface area contributed by atoms with Crippen LogP contribution in [0.4, 0.5) is 11.4 Å². The molecule has 1 aromatic heterocycles. The van der Waals surface area contributed by atoms with E-state index in [4.69, 9.17) is 4.74 Å². The van der Waals surface area contributed by atoms with E-state index in [9.17, 15) is 9.59 Å². The highest BCUT2D eigenvalue weighted by molar-refractivity contribution is 6.09. The van der Waals surface area contributed by atoms with Gasteiger partial charge in [0.15, 0.2) is 0 Å². The molecule has 0 atom stereocenters. The number of fused-ring (bicyclic) bond motifs is 1. The van der Waals surface area contributed by atoms with Crippen molar-refractivity contribution < 1.29 is 9.53 Å². The fraction of sp³-hybridized carbons (Fsp3) is 0.333. The van der Waals surface area contributed by atoms with Crippen LogP contribution in [0.3, 0.4) is 0 Å². The maximum absolute atomic E-state index is 13.3. The number of carbonyl (C=O) groups is 1. The van der Waals surface area contributed by atoms with Crippen LogP contribution in [0.5, 0.6) is 0 Å². The van der Waals surface area contributed by atoms with Gasteiger partial charge in [0, 0.05) is 48.5 Å². The number of amides is 1. The highest BCUT2D eigenvalue weighted by atomic mass is 16.5. The third-order valence-electron chi connectivity index (χ3n) is 5.65. The van der Waals surface area contributed by atoms with Crippen molar-refractivity contribution in [2.24, 2.45) is 0 Å². The SMILES string of the molecule is COCCc1ccc(N2CCCC2)c(C(=O)Nc2ccc3[nH]c(=O)cc(C)c3c2)c1. The highest BCUT2D eigenvalue weighted by Gasteiger charge is 2.20. The van der Waals surface area contributed by atoms with Gasteiger partial charge in [0.1, 0.15) is 0 Å². The molecule has 3 aromatic rings. The van der Waals surface area contributed by atoms with Crippen LogP contribution in [0.25, 0.3) is 10.9 Å². The Balaban J connectivity index is 1.66. The molecule has 1 saturated heterocycles. The van der Waals surface area contributed by atoms with E-state index in [0.29, 0.717) is 17.9 Å². The second-order valence-corrected chi connectivity index (χ2v) is 7.82. The van der Waals surface area contributed by atoms with Gasteiger partial charge in [-0.3, -0.25) is 9.59 Å². The molecule has 1 aliphatic rings. The van der Waals surface area contributed by atoms with Crippen LogP contribution in [-0.2, 0) is 11.2 Å². The van der Waals surface area contributed by atoms with Crippen molar-refractivity contribution in [3.8, 4) is 0 Å². The number of rotatable bonds is 6. The number of benzene rings is 2. The number of nitrogens with one attached hydrogen (secondary N) is 2. The van der Waals surface area contributed by atoms with Gasteiger partial charge in [-0.05, 0) is 67.6 Å². The predicted molar refractivity (Wildman–Crippen MR) is 121 cm³/mol. The molecule has 156 valence electrons. The van der Waals surface area contributed by atoms with Crippen LogP contribution in [0.15, 0.2) is 47.3 Å². The summed E-state index contributed by atoms with van der Waals surface area (Å²) in [5, 5.41) is 3.97. The summed E-state index contributed by atoms with van der Waals surface area (Å²) in [6, 6.07) is 13.2. The van der Waals surface area contributed by atoms with Crippen LogP contribution >= 0.6 is 0 Å². The van der Waals surface area contributed by atoms with Gasteiger partial charge in [-0.1, -0.05) is 6.07 Å². The van der Waals surface area contributed by atoms with E-state index >= 15 is 0 Å². The van der Waals surface area contributed by atoms with E-state index in [1.54, 1.807) is 13.2 Å². The minimum Gasteiger partial charge on any atom is -0.384 e. The second kappa shape index (κ2) is 8.71. The Kier molecular flexibility index (Phi) is 5.86.